The molecule has 0 fully saturated rings. The molecule has 0 aromatic rings. The zero-order valence-electron chi connectivity index (χ0n) is 7.52. The van der Waals surface area contributed by atoms with E-state index in [9.17, 15) is 13.2 Å². The van der Waals surface area contributed by atoms with Gasteiger partial charge in [0.1, 0.15) is 6.21 Å². The Kier molecular flexibility index (Phi) is 4.28. The van der Waals surface area contributed by atoms with Gasteiger partial charge in [-0.25, -0.2) is 0 Å². The molecular formula is C8H14F3N. The first-order chi connectivity index (χ1) is 5.31. The fourth-order valence-corrected chi connectivity index (χ4v) is 0.955. The highest BCUT2D eigenvalue weighted by Gasteiger charge is 2.23. The van der Waals surface area contributed by atoms with Crippen molar-refractivity contribution in [3.05, 3.63) is 0 Å². The van der Waals surface area contributed by atoms with E-state index in [4.69, 9.17) is 0 Å². The van der Waals surface area contributed by atoms with Gasteiger partial charge in [-0.3, -0.25) is 4.99 Å². The van der Waals surface area contributed by atoms with Gasteiger partial charge in [-0.1, -0.05) is 13.8 Å². The van der Waals surface area contributed by atoms with Crippen LogP contribution in [-0.2, 0) is 0 Å². The smallest absolute Gasteiger partial charge is 0.285 e. The minimum Gasteiger partial charge on any atom is -0.285 e. The van der Waals surface area contributed by atoms with Crippen molar-refractivity contribution in [2.75, 3.05) is 0 Å². The van der Waals surface area contributed by atoms with Gasteiger partial charge >= 0.3 is 6.18 Å². The van der Waals surface area contributed by atoms with Crippen LogP contribution in [0.3, 0.4) is 0 Å². The molecule has 0 aliphatic carbocycles. The second kappa shape index (κ2) is 4.48. The van der Waals surface area contributed by atoms with Crippen molar-refractivity contribution in [1.82, 2.24) is 0 Å². The molecule has 4 heteroatoms. The van der Waals surface area contributed by atoms with Crippen molar-refractivity contribution >= 4 is 6.21 Å². The first kappa shape index (κ1) is 11.5. The van der Waals surface area contributed by atoms with E-state index < -0.39 is 6.18 Å². The summed E-state index contributed by atoms with van der Waals surface area (Å²) < 4.78 is 34.8. The number of nitrogens with zero attached hydrogens (tertiary/aromatic N) is 1. The number of hydrogen-bond acceptors (Lipinski definition) is 1. The number of alkyl halides is 3. The normalized spacial score (nSPS) is 15.9. The Morgan fingerprint density at radius 3 is 2.08 bits per heavy atom. The van der Waals surface area contributed by atoms with Gasteiger partial charge < -0.3 is 0 Å². The summed E-state index contributed by atoms with van der Waals surface area (Å²) in [5, 5.41) is 0. The van der Waals surface area contributed by atoms with Crippen molar-refractivity contribution in [2.24, 2.45) is 10.9 Å². The third-order valence-corrected chi connectivity index (χ3v) is 1.29. The Bertz CT molecular complexity index is 149. The van der Waals surface area contributed by atoms with Gasteiger partial charge in [0.25, 0.3) is 0 Å². The Morgan fingerprint density at radius 2 is 1.75 bits per heavy atom. The lowest BCUT2D eigenvalue weighted by Crippen LogP contribution is -2.12. The minimum absolute atomic E-state index is 0.0695. The quantitative estimate of drug-likeness (QED) is 0.593. The molecule has 0 aromatic carbocycles. The lowest BCUT2D eigenvalue weighted by atomic mass is 10.1. The fraction of sp³-hybridized carbons (Fsp3) is 0.875. The van der Waals surface area contributed by atoms with Crippen LogP contribution in [0.4, 0.5) is 13.2 Å². The first-order valence-electron chi connectivity index (χ1n) is 3.92. The second-order valence-electron chi connectivity index (χ2n) is 3.30. The van der Waals surface area contributed by atoms with Crippen LogP contribution >= 0.6 is 0 Å². The molecule has 0 saturated carbocycles. The van der Waals surface area contributed by atoms with Crippen molar-refractivity contribution < 1.29 is 13.2 Å². The lowest BCUT2D eigenvalue weighted by Gasteiger charge is -2.08. The van der Waals surface area contributed by atoms with Crippen molar-refractivity contribution in [2.45, 2.75) is 39.4 Å². The van der Waals surface area contributed by atoms with E-state index >= 15 is 0 Å². The summed E-state index contributed by atoms with van der Waals surface area (Å²) in [6.45, 7) is 5.60. The molecule has 0 spiro atoms. The zero-order chi connectivity index (χ0) is 9.78. The summed E-state index contributed by atoms with van der Waals surface area (Å²) in [5.41, 5.74) is 0. The van der Waals surface area contributed by atoms with E-state index in [1.807, 2.05) is 13.8 Å². The first-order valence-corrected chi connectivity index (χ1v) is 3.92. The van der Waals surface area contributed by atoms with Crippen LogP contribution in [0, 0.1) is 5.92 Å². The molecule has 72 valence electrons. The molecule has 1 nitrogen and oxygen atoms in total. The molecule has 0 aromatic heterocycles. The van der Waals surface area contributed by atoms with Crippen LogP contribution in [0.1, 0.15) is 27.2 Å². The molecule has 0 amide bonds. The minimum atomic E-state index is -4.27. The topological polar surface area (TPSA) is 12.4 Å². The summed E-state index contributed by atoms with van der Waals surface area (Å²) >= 11 is 0. The zero-order valence-corrected chi connectivity index (χ0v) is 7.52. The van der Waals surface area contributed by atoms with Gasteiger partial charge in [0.15, 0.2) is 0 Å². The average Bonchev–Trinajstić information content (AvgIpc) is 1.80. The maximum atomic E-state index is 11.6. The molecule has 0 N–H and O–H groups in total. The molecule has 1 unspecified atom stereocenters. The summed E-state index contributed by atoms with van der Waals surface area (Å²) in [4.78, 5) is 3.39. The average molecular weight is 181 g/mol. The van der Waals surface area contributed by atoms with E-state index in [-0.39, 0.29) is 12.3 Å². The monoisotopic (exact) mass is 181 g/mol. The largest absolute Gasteiger partial charge is 0.426 e. The van der Waals surface area contributed by atoms with Gasteiger partial charge in [-0.15, -0.1) is 0 Å². The molecule has 0 aliphatic rings. The summed E-state index contributed by atoms with van der Waals surface area (Å²) in [5.74, 6) is 0.380. The van der Waals surface area contributed by atoms with Gasteiger partial charge in [0, 0.05) is 6.04 Å². The third kappa shape index (κ3) is 7.57. The third-order valence-electron chi connectivity index (χ3n) is 1.29. The summed E-state index contributed by atoms with van der Waals surface area (Å²) in [6.07, 6.45) is -3.52. The van der Waals surface area contributed by atoms with Crippen LogP contribution in [0.15, 0.2) is 4.99 Å². The number of aliphatic imine (C=N–C) groups is 1. The number of rotatable bonds is 3. The Hall–Kier alpha value is -0.540. The summed E-state index contributed by atoms with van der Waals surface area (Å²) in [6, 6.07) is -0.244. The van der Waals surface area contributed by atoms with Crippen LogP contribution < -0.4 is 0 Å². The van der Waals surface area contributed by atoms with Gasteiger partial charge in [0.2, 0.25) is 0 Å². The van der Waals surface area contributed by atoms with E-state index in [1.54, 1.807) is 6.92 Å². The van der Waals surface area contributed by atoms with E-state index in [1.165, 1.54) is 0 Å². The Balaban J connectivity index is 3.83. The van der Waals surface area contributed by atoms with Crippen LogP contribution in [0.25, 0.3) is 0 Å². The highest BCUT2D eigenvalue weighted by molar-refractivity contribution is 5.64. The lowest BCUT2D eigenvalue weighted by molar-refractivity contribution is -0.0539. The predicted octanol–water partition coefficient (Wildman–Crippen LogP) is 3.05. The molecule has 0 rings (SSSR count). The highest BCUT2D eigenvalue weighted by Crippen LogP contribution is 2.13. The SMILES string of the molecule is CC(C)CC(C)N=CC(F)(F)F. The molecule has 0 bridgehead atoms. The van der Waals surface area contributed by atoms with Gasteiger partial charge in [0.05, 0.1) is 0 Å². The maximum absolute atomic E-state index is 11.6. The van der Waals surface area contributed by atoms with E-state index in [2.05, 4.69) is 4.99 Å². The predicted molar refractivity (Wildman–Crippen MR) is 43.5 cm³/mol. The van der Waals surface area contributed by atoms with Crippen LogP contribution in [0.5, 0.6) is 0 Å². The number of hydrogen-bond donors (Lipinski definition) is 0. The highest BCUT2D eigenvalue weighted by atomic mass is 19.4. The molecule has 12 heavy (non-hydrogen) atoms. The van der Waals surface area contributed by atoms with Crippen LogP contribution in [-0.4, -0.2) is 18.4 Å². The van der Waals surface area contributed by atoms with Crippen molar-refractivity contribution in [1.29, 1.82) is 0 Å². The Labute approximate surface area is 70.7 Å². The molecular weight excluding hydrogens is 167 g/mol. The fourth-order valence-electron chi connectivity index (χ4n) is 0.955. The molecule has 0 radical (unpaired) electrons. The Morgan fingerprint density at radius 1 is 1.25 bits per heavy atom. The van der Waals surface area contributed by atoms with Gasteiger partial charge in [-0.05, 0) is 19.3 Å². The van der Waals surface area contributed by atoms with Gasteiger partial charge in [-0.2, -0.15) is 13.2 Å². The maximum Gasteiger partial charge on any atom is 0.426 e. The second-order valence-corrected chi connectivity index (χ2v) is 3.30. The standard InChI is InChI=1S/C8H14F3N/c1-6(2)4-7(3)12-5-8(9,10)11/h5-7H,4H2,1-3H3. The van der Waals surface area contributed by atoms with Crippen molar-refractivity contribution in [3.8, 4) is 0 Å². The summed E-state index contributed by atoms with van der Waals surface area (Å²) in [7, 11) is 0. The van der Waals surface area contributed by atoms with Crippen LogP contribution in [0.2, 0.25) is 0 Å². The molecule has 0 aliphatic heterocycles. The molecule has 0 saturated heterocycles. The molecule has 1 atom stereocenters. The number of halogens is 3. The van der Waals surface area contributed by atoms with Crippen molar-refractivity contribution in [3.63, 3.8) is 0 Å². The van der Waals surface area contributed by atoms with E-state index in [0.29, 0.717) is 12.3 Å². The molecule has 0 heterocycles. The van der Waals surface area contributed by atoms with E-state index in [0.717, 1.165) is 0 Å².